The summed E-state index contributed by atoms with van der Waals surface area (Å²) in [4.78, 5) is 13.0. The molecule has 1 N–H and O–H groups in total. The number of nitrogens with zero attached hydrogens (tertiary/aromatic N) is 1. The van der Waals surface area contributed by atoms with Crippen LogP contribution in [0.15, 0.2) is 0 Å². The summed E-state index contributed by atoms with van der Waals surface area (Å²) in [6.07, 6.45) is 0. The van der Waals surface area contributed by atoms with Gasteiger partial charge in [-0.25, -0.2) is 0 Å². The number of nitrogens with one attached hydrogen (secondary N) is 1. The smallest absolute Gasteiger partial charge is 0.236 e. The Hall–Kier alpha value is -0.610. The molecule has 15 heavy (non-hydrogen) atoms. The number of ether oxygens (including phenoxy) is 1. The number of carbonyl (C=O) groups is 1. The highest BCUT2D eigenvalue weighted by molar-refractivity contribution is 5.77. The van der Waals surface area contributed by atoms with Crippen LogP contribution in [0, 0.1) is 5.92 Å². The summed E-state index contributed by atoms with van der Waals surface area (Å²) >= 11 is 0. The minimum Gasteiger partial charge on any atom is -0.380 e. The molecule has 0 aliphatic carbocycles. The molecule has 0 heterocycles. The molecule has 0 bridgehead atoms. The van der Waals surface area contributed by atoms with Gasteiger partial charge in [0.05, 0.1) is 13.2 Å². The third-order valence-electron chi connectivity index (χ3n) is 2.05. The molecule has 0 aromatic carbocycles. The first kappa shape index (κ1) is 14.4. The van der Waals surface area contributed by atoms with E-state index in [9.17, 15) is 4.79 Å². The molecule has 0 aliphatic heterocycles. The maximum Gasteiger partial charge on any atom is 0.236 e. The normalized spacial score (nSPS) is 10.7. The summed E-state index contributed by atoms with van der Waals surface area (Å²) in [5, 5.41) is 3.06. The second-order valence-electron chi connectivity index (χ2n) is 4.05. The third kappa shape index (κ3) is 8.39. The zero-order valence-corrected chi connectivity index (χ0v) is 10.4. The minimum absolute atomic E-state index is 0.126. The number of hydrogen-bond acceptors (Lipinski definition) is 3. The van der Waals surface area contributed by atoms with E-state index in [-0.39, 0.29) is 5.91 Å². The molecule has 0 saturated heterocycles. The topological polar surface area (TPSA) is 41.6 Å². The maximum absolute atomic E-state index is 11.3. The highest BCUT2D eigenvalue weighted by Crippen LogP contribution is 1.90. The van der Waals surface area contributed by atoms with Gasteiger partial charge in [0.15, 0.2) is 0 Å². The second-order valence-corrected chi connectivity index (χ2v) is 4.05. The molecule has 0 aromatic heterocycles. The third-order valence-corrected chi connectivity index (χ3v) is 2.05. The molecule has 0 radical (unpaired) electrons. The summed E-state index contributed by atoms with van der Waals surface area (Å²) in [5.74, 6) is 0.694. The zero-order chi connectivity index (χ0) is 11.7. The first-order chi connectivity index (χ1) is 7.07. The Bertz CT molecular complexity index is 172. The van der Waals surface area contributed by atoms with Gasteiger partial charge in [0.2, 0.25) is 5.91 Å². The number of amides is 1. The molecule has 0 atom stereocenters. The van der Waals surface area contributed by atoms with Crippen LogP contribution in [-0.4, -0.2) is 50.7 Å². The monoisotopic (exact) mass is 216 g/mol. The van der Waals surface area contributed by atoms with Crippen LogP contribution in [-0.2, 0) is 9.53 Å². The fourth-order valence-corrected chi connectivity index (χ4v) is 0.970. The van der Waals surface area contributed by atoms with Crippen LogP contribution in [0.25, 0.3) is 0 Å². The Morgan fingerprint density at radius 1 is 1.47 bits per heavy atom. The molecule has 0 saturated carbocycles. The van der Waals surface area contributed by atoms with E-state index in [1.54, 1.807) is 11.9 Å². The van der Waals surface area contributed by atoms with Crippen molar-refractivity contribution in [3.63, 3.8) is 0 Å². The Morgan fingerprint density at radius 3 is 2.67 bits per heavy atom. The van der Waals surface area contributed by atoms with Gasteiger partial charge in [-0.2, -0.15) is 0 Å². The summed E-state index contributed by atoms with van der Waals surface area (Å²) in [6.45, 7) is 9.53. The van der Waals surface area contributed by atoms with Crippen molar-refractivity contribution in [1.29, 1.82) is 0 Å². The first-order valence-corrected chi connectivity index (χ1v) is 5.60. The molecule has 1 amide bonds. The van der Waals surface area contributed by atoms with Crippen molar-refractivity contribution in [3.05, 3.63) is 0 Å². The van der Waals surface area contributed by atoms with Crippen LogP contribution in [0.4, 0.5) is 0 Å². The largest absolute Gasteiger partial charge is 0.380 e. The predicted molar refractivity (Wildman–Crippen MR) is 61.8 cm³/mol. The SMILES string of the molecule is CCN(C)C(=O)CNCCOCC(C)C. The van der Waals surface area contributed by atoms with Gasteiger partial charge in [-0.3, -0.25) is 4.79 Å². The lowest BCUT2D eigenvalue weighted by Gasteiger charge is -2.14. The highest BCUT2D eigenvalue weighted by atomic mass is 16.5. The van der Waals surface area contributed by atoms with Crippen LogP contribution < -0.4 is 5.32 Å². The standard InChI is InChI=1S/C11H24N2O2/c1-5-13(4)11(14)8-12-6-7-15-9-10(2)3/h10,12H,5-9H2,1-4H3. The van der Waals surface area contributed by atoms with Crippen molar-refractivity contribution in [2.24, 2.45) is 5.92 Å². The quantitative estimate of drug-likeness (QED) is 0.608. The van der Waals surface area contributed by atoms with Gasteiger partial charge in [-0.15, -0.1) is 0 Å². The molecule has 0 aromatic rings. The van der Waals surface area contributed by atoms with Crippen LogP contribution in [0.5, 0.6) is 0 Å². The van der Waals surface area contributed by atoms with Crippen molar-refractivity contribution in [2.45, 2.75) is 20.8 Å². The average Bonchev–Trinajstić information content (AvgIpc) is 2.21. The minimum atomic E-state index is 0.126. The molecule has 0 fully saturated rings. The fraction of sp³-hybridized carbons (Fsp3) is 0.909. The molecule has 0 aliphatic rings. The van der Waals surface area contributed by atoms with Crippen LogP contribution in [0.2, 0.25) is 0 Å². The van der Waals surface area contributed by atoms with Gasteiger partial charge in [0.1, 0.15) is 0 Å². The Kier molecular flexibility index (Phi) is 8.33. The second kappa shape index (κ2) is 8.68. The summed E-state index contributed by atoms with van der Waals surface area (Å²) in [7, 11) is 1.80. The summed E-state index contributed by atoms with van der Waals surface area (Å²) in [5.41, 5.74) is 0. The van der Waals surface area contributed by atoms with Crippen LogP contribution >= 0.6 is 0 Å². The first-order valence-electron chi connectivity index (χ1n) is 5.60. The lowest BCUT2D eigenvalue weighted by molar-refractivity contribution is -0.128. The lowest BCUT2D eigenvalue weighted by Crippen LogP contribution is -2.36. The van der Waals surface area contributed by atoms with Crippen molar-refractivity contribution in [2.75, 3.05) is 39.9 Å². The fourth-order valence-electron chi connectivity index (χ4n) is 0.970. The van der Waals surface area contributed by atoms with E-state index in [1.165, 1.54) is 0 Å². The zero-order valence-electron chi connectivity index (χ0n) is 10.4. The van der Waals surface area contributed by atoms with Gasteiger partial charge >= 0.3 is 0 Å². The molecule has 4 heteroatoms. The Balaban J connectivity index is 3.27. The van der Waals surface area contributed by atoms with E-state index >= 15 is 0 Å². The van der Waals surface area contributed by atoms with E-state index in [0.29, 0.717) is 19.1 Å². The van der Waals surface area contributed by atoms with Crippen LogP contribution in [0.1, 0.15) is 20.8 Å². The summed E-state index contributed by atoms with van der Waals surface area (Å²) < 4.78 is 5.38. The van der Waals surface area contributed by atoms with Crippen LogP contribution in [0.3, 0.4) is 0 Å². The van der Waals surface area contributed by atoms with E-state index < -0.39 is 0 Å². The Labute approximate surface area is 93.0 Å². The van der Waals surface area contributed by atoms with E-state index in [4.69, 9.17) is 4.74 Å². The molecular formula is C11H24N2O2. The van der Waals surface area contributed by atoms with E-state index in [2.05, 4.69) is 19.2 Å². The molecular weight excluding hydrogens is 192 g/mol. The van der Waals surface area contributed by atoms with E-state index in [1.807, 2.05) is 6.92 Å². The van der Waals surface area contributed by atoms with Gasteiger partial charge in [0, 0.05) is 26.7 Å². The summed E-state index contributed by atoms with van der Waals surface area (Å²) in [6, 6.07) is 0. The predicted octanol–water partition coefficient (Wildman–Crippen LogP) is 0.727. The molecule has 0 rings (SSSR count). The van der Waals surface area contributed by atoms with Gasteiger partial charge < -0.3 is 15.0 Å². The van der Waals surface area contributed by atoms with Gasteiger partial charge in [0.25, 0.3) is 0 Å². The number of hydrogen-bond donors (Lipinski definition) is 1. The molecule has 0 unspecified atom stereocenters. The van der Waals surface area contributed by atoms with Crippen molar-refractivity contribution >= 4 is 5.91 Å². The maximum atomic E-state index is 11.3. The van der Waals surface area contributed by atoms with E-state index in [0.717, 1.165) is 19.7 Å². The molecule has 90 valence electrons. The Morgan fingerprint density at radius 2 is 2.13 bits per heavy atom. The number of likely N-dealkylation sites (N-methyl/N-ethyl adjacent to an activating group) is 1. The molecule has 4 nitrogen and oxygen atoms in total. The van der Waals surface area contributed by atoms with Crippen molar-refractivity contribution < 1.29 is 9.53 Å². The number of carbonyl (C=O) groups excluding carboxylic acids is 1. The highest BCUT2D eigenvalue weighted by Gasteiger charge is 2.04. The number of rotatable bonds is 8. The van der Waals surface area contributed by atoms with Gasteiger partial charge in [-0.05, 0) is 12.8 Å². The van der Waals surface area contributed by atoms with Gasteiger partial charge in [-0.1, -0.05) is 13.8 Å². The molecule has 0 spiro atoms. The van der Waals surface area contributed by atoms with Crippen molar-refractivity contribution in [3.8, 4) is 0 Å². The van der Waals surface area contributed by atoms with Crippen molar-refractivity contribution in [1.82, 2.24) is 10.2 Å². The lowest BCUT2D eigenvalue weighted by atomic mass is 10.2. The average molecular weight is 216 g/mol.